The van der Waals surface area contributed by atoms with Crippen molar-refractivity contribution in [3.05, 3.63) is 9.75 Å². The molecule has 0 amide bonds. The van der Waals surface area contributed by atoms with Gasteiger partial charge in [0.25, 0.3) is 0 Å². The number of hydrogen-bond acceptors (Lipinski definition) is 5. The lowest BCUT2D eigenvalue weighted by atomic mass is 10.3. The molecule has 2 rings (SSSR count). The minimum absolute atomic E-state index is 0.0138. The fraction of sp³-hybridized carbons (Fsp3) is 0.143. The number of ether oxygens (including phenoxy) is 2. The summed E-state index contributed by atoms with van der Waals surface area (Å²) in [6.45, 7) is -0.140. The largest absolute Gasteiger partial charge is 0.477 e. The molecule has 0 bridgehead atoms. The van der Waals surface area contributed by atoms with Crippen molar-refractivity contribution in [3.63, 3.8) is 0 Å². The van der Waals surface area contributed by atoms with Gasteiger partial charge in [-0.1, -0.05) is 0 Å². The van der Waals surface area contributed by atoms with Gasteiger partial charge in [0, 0.05) is 0 Å². The Hall–Kier alpha value is -1.76. The normalized spacial score (nSPS) is 12.9. The number of hydrogen-bond donors (Lipinski definition) is 2. The van der Waals surface area contributed by atoms with Gasteiger partial charge in [0.1, 0.15) is 0 Å². The molecule has 1 aliphatic heterocycles. The molecule has 0 aromatic carbocycles. The van der Waals surface area contributed by atoms with E-state index in [9.17, 15) is 9.59 Å². The second kappa shape index (κ2) is 2.88. The van der Waals surface area contributed by atoms with Crippen LogP contribution in [0.4, 0.5) is 0 Å². The zero-order chi connectivity index (χ0) is 10.3. The third-order valence-electron chi connectivity index (χ3n) is 1.62. The SMILES string of the molecule is O=C(O)c1sc(C(=O)O)c2c1OCO2. The summed E-state index contributed by atoms with van der Waals surface area (Å²) in [6, 6.07) is 0. The van der Waals surface area contributed by atoms with E-state index >= 15 is 0 Å². The van der Waals surface area contributed by atoms with E-state index in [2.05, 4.69) is 0 Å². The van der Waals surface area contributed by atoms with Crippen LogP contribution in [-0.4, -0.2) is 28.9 Å². The topological polar surface area (TPSA) is 93.1 Å². The third-order valence-corrected chi connectivity index (χ3v) is 2.75. The highest BCUT2D eigenvalue weighted by Crippen LogP contribution is 2.45. The van der Waals surface area contributed by atoms with E-state index in [1.54, 1.807) is 0 Å². The Bertz CT molecular complexity index is 384. The first-order valence-corrected chi connectivity index (χ1v) is 4.32. The van der Waals surface area contributed by atoms with Gasteiger partial charge in [0.05, 0.1) is 0 Å². The fourth-order valence-electron chi connectivity index (χ4n) is 1.09. The number of carboxylic acid groups (broad SMARTS) is 2. The molecule has 1 aliphatic rings. The molecule has 0 radical (unpaired) electrons. The summed E-state index contributed by atoms with van der Waals surface area (Å²) in [4.78, 5) is 21.1. The van der Waals surface area contributed by atoms with Crippen molar-refractivity contribution in [1.29, 1.82) is 0 Å². The van der Waals surface area contributed by atoms with E-state index < -0.39 is 11.9 Å². The molecule has 74 valence electrons. The zero-order valence-electron chi connectivity index (χ0n) is 6.64. The molecular formula is C7H4O6S. The Morgan fingerprint density at radius 2 is 1.50 bits per heavy atom. The number of aromatic carboxylic acids is 2. The Labute approximate surface area is 81.3 Å². The van der Waals surface area contributed by atoms with E-state index in [1.165, 1.54) is 0 Å². The molecule has 14 heavy (non-hydrogen) atoms. The number of thiophene rings is 1. The van der Waals surface area contributed by atoms with Gasteiger partial charge in [0.15, 0.2) is 21.3 Å². The first-order valence-electron chi connectivity index (χ1n) is 3.50. The first-order chi connectivity index (χ1) is 6.61. The van der Waals surface area contributed by atoms with Crippen molar-refractivity contribution in [3.8, 4) is 11.5 Å². The number of rotatable bonds is 2. The maximum atomic E-state index is 10.7. The number of fused-ring (bicyclic) bond motifs is 1. The molecule has 0 aliphatic carbocycles. The van der Waals surface area contributed by atoms with Gasteiger partial charge >= 0.3 is 11.9 Å². The van der Waals surface area contributed by atoms with E-state index in [4.69, 9.17) is 19.7 Å². The number of carboxylic acids is 2. The Morgan fingerprint density at radius 1 is 1.07 bits per heavy atom. The predicted octanol–water partition coefficient (Wildman–Crippen LogP) is 0.873. The van der Waals surface area contributed by atoms with Crippen molar-refractivity contribution in [2.75, 3.05) is 6.79 Å². The zero-order valence-corrected chi connectivity index (χ0v) is 7.46. The Morgan fingerprint density at radius 3 is 1.86 bits per heavy atom. The summed E-state index contributed by atoms with van der Waals surface area (Å²) >= 11 is 0.629. The minimum atomic E-state index is -1.22. The highest BCUT2D eigenvalue weighted by atomic mass is 32.1. The summed E-state index contributed by atoms with van der Waals surface area (Å²) in [6.07, 6.45) is 0. The summed E-state index contributed by atoms with van der Waals surface area (Å²) in [5, 5.41) is 17.5. The number of carbonyl (C=O) groups is 2. The molecule has 1 aromatic heterocycles. The average molecular weight is 216 g/mol. The van der Waals surface area contributed by atoms with Crippen LogP contribution < -0.4 is 9.47 Å². The van der Waals surface area contributed by atoms with E-state index in [1.807, 2.05) is 0 Å². The molecule has 7 heteroatoms. The van der Waals surface area contributed by atoms with E-state index in [0.29, 0.717) is 11.3 Å². The molecule has 0 fully saturated rings. The minimum Gasteiger partial charge on any atom is -0.477 e. The second-order valence-electron chi connectivity index (χ2n) is 2.44. The lowest BCUT2D eigenvalue weighted by Gasteiger charge is -1.93. The van der Waals surface area contributed by atoms with Crippen molar-refractivity contribution in [2.24, 2.45) is 0 Å². The standard InChI is InChI=1S/C7H4O6S/c8-6(9)4-2-3(13-1-12-2)5(14-4)7(10)11/h1H2,(H,8,9)(H,10,11). The van der Waals surface area contributed by atoms with Gasteiger partial charge < -0.3 is 19.7 Å². The van der Waals surface area contributed by atoms with Gasteiger partial charge in [-0.25, -0.2) is 9.59 Å². The molecule has 0 saturated carbocycles. The summed E-state index contributed by atoms with van der Waals surface area (Å²) in [7, 11) is 0. The lowest BCUT2D eigenvalue weighted by molar-refractivity contribution is 0.0691. The monoisotopic (exact) mass is 216 g/mol. The molecule has 0 atom stereocenters. The van der Waals surface area contributed by atoms with E-state index in [0.717, 1.165) is 0 Å². The Balaban J connectivity index is 2.60. The molecule has 0 unspecified atom stereocenters. The maximum absolute atomic E-state index is 10.7. The van der Waals surface area contributed by atoms with Crippen molar-refractivity contribution >= 4 is 23.3 Å². The molecule has 2 N–H and O–H groups in total. The fourth-order valence-corrected chi connectivity index (χ4v) is 1.96. The summed E-state index contributed by atoms with van der Waals surface area (Å²) < 4.78 is 9.73. The lowest BCUT2D eigenvalue weighted by Crippen LogP contribution is -2.00. The molecule has 0 spiro atoms. The highest BCUT2D eigenvalue weighted by Gasteiger charge is 2.32. The summed E-state index contributed by atoms with van der Waals surface area (Å²) in [5.74, 6) is -2.41. The summed E-state index contributed by atoms with van der Waals surface area (Å²) in [5.41, 5.74) is 0. The first kappa shape index (κ1) is 8.82. The molecule has 0 saturated heterocycles. The van der Waals surface area contributed by atoms with Gasteiger partial charge in [-0.3, -0.25) is 0 Å². The van der Waals surface area contributed by atoms with Crippen molar-refractivity contribution < 1.29 is 29.3 Å². The van der Waals surface area contributed by atoms with E-state index in [-0.39, 0.29) is 28.0 Å². The van der Waals surface area contributed by atoms with Gasteiger partial charge in [0.2, 0.25) is 6.79 Å². The van der Waals surface area contributed by atoms with Crippen LogP contribution in [0.3, 0.4) is 0 Å². The van der Waals surface area contributed by atoms with Crippen LogP contribution in [0.2, 0.25) is 0 Å². The van der Waals surface area contributed by atoms with Crippen LogP contribution in [0.1, 0.15) is 19.3 Å². The van der Waals surface area contributed by atoms with Crippen molar-refractivity contribution in [2.45, 2.75) is 0 Å². The second-order valence-corrected chi connectivity index (χ2v) is 3.46. The van der Waals surface area contributed by atoms with Crippen LogP contribution in [-0.2, 0) is 0 Å². The molecule has 2 heterocycles. The van der Waals surface area contributed by atoms with Crippen LogP contribution in [0, 0.1) is 0 Å². The molecule has 1 aromatic rings. The quantitative estimate of drug-likeness (QED) is 0.761. The van der Waals surface area contributed by atoms with Crippen LogP contribution in [0.25, 0.3) is 0 Å². The molecule has 6 nitrogen and oxygen atoms in total. The average Bonchev–Trinajstić information content (AvgIpc) is 2.59. The van der Waals surface area contributed by atoms with Gasteiger partial charge in [-0.2, -0.15) is 0 Å². The van der Waals surface area contributed by atoms with Crippen LogP contribution >= 0.6 is 11.3 Å². The van der Waals surface area contributed by atoms with Gasteiger partial charge in [-0.05, 0) is 0 Å². The third kappa shape index (κ3) is 1.10. The maximum Gasteiger partial charge on any atom is 0.349 e. The smallest absolute Gasteiger partial charge is 0.349 e. The van der Waals surface area contributed by atoms with Crippen LogP contribution in [0.5, 0.6) is 11.5 Å². The predicted molar refractivity (Wildman–Crippen MR) is 44.4 cm³/mol. The highest BCUT2D eigenvalue weighted by molar-refractivity contribution is 7.16. The Kier molecular flexibility index (Phi) is 1.81. The molecular weight excluding hydrogens is 212 g/mol. The van der Waals surface area contributed by atoms with Crippen molar-refractivity contribution in [1.82, 2.24) is 0 Å². The van der Waals surface area contributed by atoms with Crippen LogP contribution in [0.15, 0.2) is 0 Å². The van der Waals surface area contributed by atoms with Gasteiger partial charge in [-0.15, -0.1) is 11.3 Å².